The fourth-order valence-corrected chi connectivity index (χ4v) is 8.21. The average Bonchev–Trinajstić information content (AvgIpc) is 3.30. The first kappa shape index (κ1) is 62.3. The zero-order chi connectivity index (χ0) is 47.4. The van der Waals surface area contributed by atoms with Crippen LogP contribution in [0, 0.1) is 0 Å². The van der Waals surface area contributed by atoms with Gasteiger partial charge in [0.2, 0.25) is 5.91 Å². The molecule has 6 nitrogen and oxygen atoms in total. The number of hydrogen-bond donors (Lipinski definition) is 3. The molecule has 0 aromatic heterocycles. The van der Waals surface area contributed by atoms with E-state index < -0.39 is 18.2 Å². The van der Waals surface area contributed by atoms with Crippen LogP contribution in [-0.2, 0) is 14.3 Å². The van der Waals surface area contributed by atoms with Gasteiger partial charge >= 0.3 is 5.97 Å². The number of carbonyl (C=O) groups is 2. The molecule has 65 heavy (non-hydrogen) atoms. The minimum Gasteiger partial charge on any atom is -0.462 e. The van der Waals surface area contributed by atoms with Gasteiger partial charge in [-0.25, -0.2) is 0 Å². The molecule has 0 aliphatic rings. The molecule has 3 unspecified atom stereocenters. The van der Waals surface area contributed by atoms with Gasteiger partial charge in [0.25, 0.3) is 0 Å². The minimum absolute atomic E-state index is 0.0479. The highest BCUT2D eigenvalue weighted by atomic mass is 16.5. The summed E-state index contributed by atoms with van der Waals surface area (Å²) >= 11 is 0. The first-order valence-electron chi connectivity index (χ1n) is 27.7. The quantitative estimate of drug-likeness (QED) is 0.0245. The molecule has 0 aliphatic carbocycles. The second kappa shape index (κ2) is 52.3. The lowest BCUT2D eigenvalue weighted by Crippen LogP contribution is -2.46. The first-order valence-corrected chi connectivity index (χ1v) is 27.7. The van der Waals surface area contributed by atoms with Gasteiger partial charge in [-0.05, 0) is 70.6 Å². The van der Waals surface area contributed by atoms with Crippen LogP contribution in [0.25, 0.3) is 0 Å². The SMILES string of the molecule is CC/C=C/C=C/C=C\C=C/C=C/CCCCCC(=O)OC(CCCCC/C=C/CCCCCCCCCCC)CC(=O)NC(CO)C(O)CCCCCCCCCCCCCCCCC. The molecular formula is C59H105NO5. The van der Waals surface area contributed by atoms with Crippen LogP contribution in [-0.4, -0.2) is 46.9 Å². The summed E-state index contributed by atoms with van der Waals surface area (Å²) < 4.78 is 5.92. The minimum atomic E-state index is -0.802. The van der Waals surface area contributed by atoms with E-state index in [-0.39, 0.29) is 24.9 Å². The summed E-state index contributed by atoms with van der Waals surface area (Å²) in [5, 5.41) is 23.8. The number of amides is 1. The number of unbranched alkanes of at least 4 members (excludes halogenated alkanes) is 29. The van der Waals surface area contributed by atoms with E-state index in [2.05, 4.69) is 62.5 Å². The number of hydrogen-bond acceptors (Lipinski definition) is 5. The van der Waals surface area contributed by atoms with Gasteiger partial charge in [-0.3, -0.25) is 9.59 Å². The predicted octanol–water partition coefficient (Wildman–Crippen LogP) is 17.0. The van der Waals surface area contributed by atoms with Gasteiger partial charge < -0.3 is 20.3 Å². The van der Waals surface area contributed by atoms with Gasteiger partial charge in [0.1, 0.15) is 6.10 Å². The smallest absolute Gasteiger partial charge is 0.306 e. The molecule has 0 rings (SSSR count). The summed E-state index contributed by atoms with van der Waals surface area (Å²) in [5.41, 5.74) is 0. The molecule has 1 amide bonds. The summed E-state index contributed by atoms with van der Waals surface area (Å²) in [4.78, 5) is 26.2. The molecule has 0 heterocycles. The van der Waals surface area contributed by atoms with E-state index in [0.29, 0.717) is 19.3 Å². The molecular weight excluding hydrogens is 803 g/mol. The van der Waals surface area contributed by atoms with Crippen molar-refractivity contribution in [2.24, 2.45) is 0 Å². The second-order valence-corrected chi connectivity index (χ2v) is 18.7. The Kier molecular flexibility index (Phi) is 50.1. The van der Waals surface area contributed by atoms with Crippen LogP contribution >= 0.6 is 0 Å². The van der Waals surface area contributed by atoms with Crippen LogP contribution in [0.4, 0.5) is 0 Å². The van der Waals surface area contributed by atoms with E-state index in [4.69, 9.17) is 4.74 Å². The van der Waals surface area contributed by atoms with Crippen molar-refractivity contribution < 1.29 is 24.5 Å². The Bertz CT molecular complexity index is 1200. The molecule has 376 valence electrons. The third kappa shape index (κ3) is 47.6. The summed E-state index contributed by atoms with van der Waals surface area (Å²) in [6, 6.07) is -0.719. The highest BCUT2D eigenvalue weighted by molar-refractivity contribution is 5.77. The van der Waals surface area contributed by atoms with Crippen molar-refractivity contribution in [2.45, 2.75) is 283 Å². The van der Waals surface area contributed by atoms with E-state index in [9.17, 15) is 19.8 Å². The van der Waals surface area contributed by atoms with Crippen molar-refractivity contribution in [1.82, 2.24) is 5.32 Å². The number of aliphatic hydroxyl groups is 2. The molecule has 0 fully saturated rings. The van der Waals surface area contributed by atoms with Crippen LogP contribution in [0.3, 0.4) is 0 Å². The first-order chi connectivity index (χ1) is 32.0. The molecule has 0 bridgehead atoms. The number of allylic oxidation sites excluding steroid dienone is 12. The maximum Gasteiger partial charge on any atom is 0.306 e. The fourth-order valence-electron chi connectivity index (χ4n) is 8.21. The van der Waals surface area contributed by atoms with E-state index in [1.165, 1.54) is 135 Å². The highest BCUT2D eigenvalue weighted by Gasteiger charge is 2.24. The van der Waals surface area contributed by atoms with Crippen LogP contribution in [0.5, 0.6) is 0 Å². The number of rotatable bonds is 49. The van der Waals surface area contributed by atoms with E-state index in [0.717, 1.165) is 83.5 Å². The largest absolute Gasteiger partial charge is 0.462 e. The van der Waals surface area contributed by atoms with Crippen molar-refractivity contribution >= 4 is 11.9 Å². The number of esters is 1. The number of ether oxygens (including phenoxy) is 1. The molecule has 6 heteroatoms. The second-order valence-electron chi connectivity index (χ2n) is 18.7. The molecule has 0 aromatic carbocycles. The zero-order valence-corrected chi connectivity index (χ0v) is 42.9. The van der Waals surface area contributed by atoms with Crippen LogP contribution in [0.15, 0.2) is 72.9 Å². The Hall–Kier alpha value is -2.70. The van der Waals surface area contributed by atoms with Gasteiger partial charge in [0.15, 0.2) is 0 Å². The van der Waals surface area contributed by atoms with Crippen molar-refractivity contribution in [1.29, 1.82) is 0 Å². The molecule has 0 saturated heterocycles. The Morgan fingerprint density at radius 2 is 0.846 bits per heavy atom. The highest BCUT2D eigenvalue weighted by Crippen LogP contribution is 2.18. The lowest BCUT2D eigenvalue weighted by Gasteiger charge is -2.24. The van der Waals surface area contributed by atoms with Crippen LogP contribution < -0.4 is 5.32 Å². The van der Waals surface area contributed by atoms with Crippen molar-refractivity contribution in [2.75, 3.05) is 6.61 Å². The molecule has 3 N–H and O–H groups in total. The van der Waals surface area contributed by atoms with E-state index in [1.807, 2.05) is 36.5 Å². The monoisotopic (exact) mass is 908 g/mol. The summed E-state index contributed by atoms with van der Waals surface area (Å²) in [5.74, 6) is -0.535. The maximum atomic E-state index is 13.2. The molecule has 3 atom stereocenters. The van der Waals surface area contributed by atoms with Crippen molar-refractivity contribution in [3.8, 4) is 0 Å². The zero-order valence-electron chi connectivity index (χ0n) is 42.9. The summed E-state index contributed by atoms with van der Waals surface area (Å²) in [7, 11) is 0. The Balaban J connectivity index is 4.66. The Morgan fingerprint density at radius 3 is 1.32 bits per heavy atom. The fraction of sp³-hybridized carbons (Fsp3) is 0.763. The molecule has 0 saturated carbocycles. The standard InChI is InChI=1S/C59H105NO5/c1-4-7-10-13-16-19-22-25-28-31-32-35-38-41-44-47-50-55(65-59(64)52-49-46-43-40-37-34-30-27-24-21-18-15-12-9-6-3)53-58(63)60-56(54-61)57(62)51-48-45-42-39-36-33-29-26-23-20-17-14-11-8-5-2/h9,12,15,18,21,24,27,30,32,34-35,37,55-57,61-62H,4-8,10-11,13-14,16-17,19-20,22-23,25-26,28-29,31,33,36,38-54H2,1-3H3,(H,60,63)/b12-9+,18-15+,24-21-,30-27-,35-32+,37-34+. The topological polar surface area (TPSA) is 95.9 Å². The van der Waals surface area contributed by atoms with E-state index in [1.54, 1.807) is 0 Å². The van der Waals surface area contributed by atoms with Gasteiger partial charge in [0, 0.05) is 6.42 Å². The third-order valence-electron chi connectivity index (χ3n) is 12.4. The average molecular weight is 908 g/mol. The van der Waals surface area contributed by atoms with Gasteiger partial charge in [0.05, 0.1) is 25.2 Å². The predicted molar refractivity (Wildman–Crippen MR) is 282 cm³/mol. The van der Waals surface area contributed by atoms with Crippen LogP contribution in [0.1, 0.15) is 265 Å². The number of nitrogens with one attached hydrogen (secondary N) is 1. The van der Waals surface area contributed by atoms with Gasteiger partial charge in [-0.2, -0.15) is 0 Å². The lowest BCUT2D eigenvalue weighted by molar-refractivity contribution is -0.151. The Labute approximate surface area is 402 Å². The molecule has 0 spiro atoms. The number of aliphatic hydroxyl groups excluding tert-OH is 2. The molecule has 0 aliphatic heterocycles. The van der Waals surface area contributed by atoms with Gasteiger partial charge in [-0.1, -0.05) is 254 Å². The lowest BCUT2D eigenvalue weighted by atomic mass is 10.0. The van der Waals surface area contributed by atoms with E-state index >= 15 is 0 Å². The third-order valence-corrected chi connectivity index (χ3v) is 12.4. The van der Waals surface area contributed by atoms with Gasteiger partial charge in [-0.15, -0.1) is 0 Å². The molecule has 0 radical (unpaired) electrons. The summed E-state index contributed by atoms with van der Waals surface area (Å²) in [6.45, 7) is 6.35. The normalized spacial score (nSPS) is 13.7. The summed E-state index contributed by atoms with van der Waals surface area (Å²) in [6.07, 6.45) is 66.8. The Morgan fingerprint density at radius 1 is 0.462 bits per heavy atom. The maximum absolute atomic E-state index is 13.2. The van der Waals surface area contributed by atoms with Crippen LogP contribution in [0.2, 0.25) is 0 Å². The molecule has 0 aromatic rings. The van der Waals surface area contributed by atoms with Crippen molar-refractivity contribution in [3.63, 3.8) is 0 Å². The van der Waals surface area contributed by atoms with Crippen molar-refractivity contribution in [3.05, 3.63) is 72.9 Å². The number of carbonyl (C=O) groups excluding carboxylic acids is 2.